The average Bonchev–Trinajstić information content (AvgIpc) is 4.35. The van der Waals surface area contributed by atoms with Gasteiger partial charge in [-0.3, -0.25) is 28.8 Å². The van der Waals surface area contributed by atoms with Gasteiger partial charge in [0, 0.05) is 60.0 Å². The number of ether oxygens (including phenoxy) is 1. The smallest absolute Gasteiger partial charge is 0.271 e. The molecule has 1 aliphatic heterocycles. The number of aliphatic hydroxyl groups excluding tert-OH is 2. The Bertz CT molecular complexity index is 3530. The topological polar surface area (TPSA) is 315 Å². The zero-order valence-corrected chi connectivity index (χ0v) is 47.7. The van der Waals surface area contributed by atoms with Gasteiger partial charge in [-0.05, 0) is 37.0 Å². The highest BCUT2D eigenvalue weighted by atomic mass is 32.1. The van der Waals surface area contributed by atoms with Gasteiger partial charge in [0.1, 0.15) is 70.8 Å². The minimum absolute atomic E-state index is 0.00141. The van der Waals surface area contributed by atoms with Crippen molar-refractivity contribution in [1.82, 2.24) is 61.5 Å². The van der Waals surface area contributed by atoms with Crippen LogP contribution in [0.25, 0.3) is 42.5 Å². The number of pyridine rings is 1. The Balaban J connectivity index is 1.13. The maximum Gasteiger partial charge on any atom is 0.271 e. The van der Waals surface area contributed by atoms with Gasteiger partial charge >= 0.3 is 0 Å². The van der Waals surface area contributed by atoms with Gasteiger partial charge in [0.05, 0.1) is 52.8 Å². The lowest BCUT2D eigenvalue weighted by molar-refractivity contribution is -0.122. The number of methoxy groups -OCH3 is 1. The molecule has 79 heavy (non-hydrogen) atoms. The number of anilines is 1. The first kappa shape index (κ1) is 56.6. The number of hydrogen-bond acceptors (Lipinski definition) is 22. The van der Waals surface area contributed by atoms with Crippen molar-refractivity contribution >= 4 is 109 Å². The number of nitrogens with one attached hydrogen (secondary N) is 6. The van der Waals surface area contributed by atoms with Gasteiger partial charge < -0.3 is 46.9 Å². The predicted octanol–water partition coefficient (Wildman–Crippen LogP) is 7.02. The van der Waals surface area contributed by atoms with E-state index < -0.39 is 60.3 Å². The van der Waals surface area contributed by atoms with Crippen molar-refractivity contribution in [2.24, 2.45) is 5.92 Å². The standard InChI is InChI=1S/C51H51N13O9S6/c1-23(2)37-51-64-40(32(79-51)19-73-5)44(71)53-18-36(68)61-41(42(69)25-10-7-6-8-11-25)50-58-30(21-75-50)47-54-17-31(78-47)39-26(13-14-27(55-39)48-60-33(22-76-48)59-34(66)12-9-15-65)46-57-29(20-74-46)43(70)56-28(16-35(67)52-4)49-63-38(24(3)77-49)45(72)62-37/h6-8,10-11,13-14,17,20-23,28,37,41-42,65,69H,9,12,15-16,18-19H2,1-5H3,(H,52,67)(H,53,71)(H,56,70)(H,59,66)(H,61,68)(H,62,72)/t28-,37-,41-,42-/m0/s1. The number of carbonyl (C=O) groups excluding carboxylic acids is 6. The van der Waals surface area contributed by atoms with Crippen LogP contribution in [0, 0.1) is 12.8 Å². The van der Waals surface area contributed by atoms with Crippen LogP contribution < -0.4 is 31.9 Å². The monoisotopic (exact) mass is 1180 g/mol. The number of aromatic nitrogens is 7. The van der Waals surface area contributed by atoms with Crippen molar-refractivity contribution in [2.75, 3.05) is 32.6 Å². The molecule has 0 radical (unpaired) electrons. The highest BCUT2D eigenvalue weighted by Gasteiger charge is 2.33. The Morgan fingerprint density at radius 1 is 0.747 bits per heavy atom. The Hall–Kier alpha value is -7.15. The molecular formula is C51H51N13O9S6. The largest absolute Gasteiger partial charge is 0.396 e. The molecule has 1 aliphatic rings. The van der Waals surface area contributed by atoms with Crippen molar-refractivity contribution in [3.63, 3.8) is 0 Å². The van der Waals surface area contributed by atoms with Crippen molar-refractivity contribution in [3.8, 4) is 42.5 Å². The SMILES string of the molecule is CNC(=O)C[C@@H]1NC(=O)c2csc(n2)-c2ccc(-c3nc(NC(=O)CCCO)cs3)nc2-c2cnc(s2)-c2csc(n2)[C@H]([C@@H](O)c2ccccc2)NC(=O)CNC(=O)c2nc(sc2COC)[C@H](C(C)C)NC(=O)c2nc1sc2C. The van der Waals surface area contributed by atoms with Crippen LogP contribution in [0.3, 0.4) is 0 Å². The molecule has 28 heteroatoms. The summed E-state index contributed by atoms with van der Waals surface area (Å²) in [5.74, 6) is -3.07. The van der Waals surface area contributed by atoms with Gasteiger partial charge in [0.2, 0.25) is 17.7 Å². The first-order valence-corrected chi connectivity index (χ1v) is 29.5. The van der Waals surface area contributed by atoms with Crippen LogP contribution in [0.5, 0.6) is 0 Å². The van der Waals surface area contributed by atoms with Crippen molar-refractivity contribution < 1.29 is 43.7 Å². The zero-order chi connectivity index (χ0) is 55.9. The van der Waals surface area contributed by atoms with E-state index in [4.69, 9.17) is 24.7 Å². The van der Waals surface area contributed by atoms with Crippen LogP contribution in [-0.2, 0) is 25.7 Å². The molecule has 0 fully saturated rings. The summed E-state index contributed by atoms with van der Waals surface area (Å²) in [5.41, 5.74) is 2.48. The number of hydrogen-bond donors (Lipinski definition) is 8. The van der Waals surface area contributed by atoms with Gasteiger partial charge in [0.25, 0.3) is 17.7 Å². The van der Waals surface area contributed by atoms with E-state index in [0.29, 0.717) is 85.1 Å². The highest BCUT2D eigenvalue weighted by molar-refractivity contribution is 7.19. The predicted molar refractivity (Wildman–Crippen MR) is 302 cm³/mol. The summed E-state index contributed by atoms with van der Waals surface area (Å²) >= 11 is 7.22. The molecule has 0 aliphatic carbocycles. The molecule has 6 amide bonds. The van der Waals surface area contributed by atoms with Gasteiger partial charge in [-0.25, -0.2) is 34.9 Å². The van der Waals surface area contributed by atoms with Crippen LogP contribution >= 0.6 is 68.0 Å². The van der Waals surface area contributed by atoms with Gasteiger partial charge in [-0.1, -0.05) is 44.2 Å². The Morgan fingerprint density at radius 2 is 1.52 bits per heavy atom. The normalized spacial score (nSPS) is 16.6. The van der Waals surface area contributed by atoms with Crippen molar-refractivity contribution in [2.45, 2.75) is 70.9 Å². The first-order valence-electron chi connectivity index (χ1n) is 24.4. The quantitative estimate of drug-likeness (QED) is 0.0609. The second-order valence-corrected chi connectivity index (χ2v) is 24.0. The van der Waals surface area contributed by atoms with E-state index in [0.717, 1.165) is 11.3 Å². The summed E-state index contributed by atoms with van der Waals surface area (Å²) < 4.78 is 5.44. The van der Waals surface area contributed by atoms with Crippen LogP contribution in [0.15, 0.2) is 64.8 Å². The molecule has 8 aromatic rings. The van der Waals surface area contributed by atoms with Crippen LogP contribution in [0.2, 0.25) is 0 Å². The summed E-state index contributed by atoms with van der Waals surface area (Å²) in [5, 5.41) is 45.4. The maximum absolute atomic E-state index is 14.2. The summed E-state index contributed by atoms with van der Waals surface area (Å²) in [4.78, 5) is 117. The first-order chi connectivity index (χ1) is 38.1. The minimum atomic E-state index is -1.27. The molecule has 7 aromatic heterocycles. The molecule has 9 rings (SSSR count). The number of aryl methyl sites for hydroxylation is 1. The number of carbonyl (C=O) groups is 6. The van der Waals surface area contributed by atoms with Crippen LogP contribution in [0.4, 0.5) is 5.82 Å². The maximum atomic E-state index is 14.2. The number of rotatable bonds is 12. The second-order valence-electron chi connectivity index (χ2n) is 18.0. The third-order valence-corrected chi connectivity index (χ3v) is 18.0. The minimum Gasteiger partial charge on any atom is -0.396 e. The average molecular weight is 1180 g/mol. The van der Waals surface area contributed by atoms with E-state index in [1.165, 1.54) is 70.8 Å². The summed E-state index contributed by atoms with van der Waals surface area (Å²) in [7, 11) is 2.94. The van der Waals surface area contributed by atoms with E-state index in [-0.39, 0.29) is 55.0 Å². The molecule has 0 spiro atoms. The fourth-order valence-corrected chi connectivity index (χ4v) is 13.7. The molecule has 0 unspecified atom stereocenters. The lowest BCUT2D eigenvalue weighted by atomic mass is 10.0. The van der Waals surface area contributed by atoms with Gasteiger partial charge in [-0.2, -0.15) is 0 Å². The Morgan fingerprint density at radius 3 is 2.28 bits per heavy atom. The summed E-state index contributed by atoms with van der Waals surface area (Å²) in [6.45, 7) is 4.85. The number of amides is 6. The Labute approximate surface area is 475 Å². The fourth-order valence-electron chi connectivity index (χ4n) is 8.08. The van der Waals surface area contributed by atoms with E-state index in [9.17, 15) is 39.0 Å². The molecule has 0 saturated carbocycles. The van der Waals surface area contributed by atoms with E-state index in [1.807, 2.05) is 13.8 Å². The van der Waals surface area contributed by atoms with E-state index in [1.54, 1.807) is 71.7 Å². The molecule has 22 nitrogen and oxygen atoms in total. The molecule has 0 saturated heterocycles. The van der Waals surface area contributed by atoms with Gasteiger partial charge in [0.15, 0.2) is 0 Å². The molecule has 410 valence electrons. The summed E-state index contributed by atoms with van der Waals surface area (Å²) in [6.07, 6.45) is 0.573. The third-order valence-electron chi connectivity index (χ3n) is 12.1. The lowest BCUT2D eigenvalue weighted by Gasteiger charge is -2.23. The van der Waals surface area contributed by atoms with E-state index >= 15 is 0 Å². The van der Waals surface area contributed by atoms with E-state index in [2.05, 4.69) is 46.9 Å². The molecule has 8 heterocycles. The van der Waals surface area contributed by atoms with Crippen molar-refractivity contribution in [1.29, 1.82) is 0 Å². The molecular weight excluding hydrogens is 1130 g/mol. The number of thiazole rings is 6. The fraction of sp³-hybridized carbons (Fsp3) is 0.314. The number of benzene rings is 1. The third kappa shape index (κ3) is 13.1. The van der Waals surface area contributed by atoms with Crippen LogP contribution in [0.1, 0.15) is 119 Å². The number of fused-ring (bicyclic) bond motifs is 14. The molecule has 1 aromatic carbocycles. The number of nitrogens with zero attached hydrogens (tertiary/aromatic N) is 7. The Kier molecular flexibility index (Phi) is 18.1. The van der Waals surface area contributed by atoms with Crippen molar-refractivity contribution in [3.05, 3.63) is 112 Å². The number of aliphatic hydroxyl groups is 2. The zero-order valence-electron chi connectivity index (χ0n) is 42.8. The summed E-state index contributed by atoms with van der Waals surface area (Å²) in [6, 6.07) is 9.56. The van der Waals surface area contributed by atoms with Gasteiger partial charge in [-0.15, -0.1) is 68.0 Å². The second kappa shape index (κ2) is 25.3. The lowest BCUT2D eigenvalue weighted by Crippen LogP contribution is -2.40. The molecule has 4 atom stereocenters. The molecule has 8 N–H and O–H groups in total. The highest BCUT2D eigenvalue weighted by Crippen LogP contribution is 2.41. The van der Waals surface area contributed by atoms with Crippen LogP contribution in [-0.4, -0.2) is 108 Å². The molecule has 10 bridgehead atoms.